The van der Waals surface area contributed by atoms with Gasteiger partial charge in [-0.05, 0) is 35.7 Å². The Morgan fingerprint density at radius 1 is 1.23 bits per heavy atom. The summed E-state index contributed by atoms with van der Waals surface area (Å²) in [7, 11) is 0. The number of hydrogen-bond donors (Lipinski definition) is 1. The topological polar surface area (TPSA) is 72.2 Å². The number of anilines is 1. The first-order chi connectivity index (χ1) is 10.4. The molecule has 0 spiro atoms. The van der Waals surface area contributed by atoms with Crippen molar-refractivity contribution in [2.75, 3.05) is 5.32 Å². The molecule has 0 atom stereocenters. The molecule has 1 N–H and O–H groups in total. The van der Waals surface area contributed by atoms with Gasteiger partial charge >= 0.3 is 0 Å². The molecule has 0 saturated carbocycles. The van der Waals surface area contributed by atoms with Crippen molar-refractivity contribution in [3.05, 3.63) is 68.7 Å². The van der Waals surface area contributed by atoms with E-state index in [1.54, 1.807) is 6.07 Å². The number of nitro benzene ring substituents is 1. The Morgan fingerprint density at radius 3 is 2.59 bits per heavy atom. The van der Waals surface area contributed by atoms with Crippen molar-refractivity contribution in [1.29, 1.82) is 0 Å². The molecule has 0 aliphatic carbocycles. The third-order valence-corrected chi connectivity index (χ3v) is 3.54. The van der Waals surface area contributed by atoms with E-state index in [-0.39, 0.29) is 16.3 Å². The highest BCUT2D eigenvalue weighted by molar-refractivity contribution is 6.32. The molecular formula is C16H15ClN2O3. The van der Waals surface area contributed by atoms with Crippen LogP contribution in [0.3, 0.4) is 0 Å². The summed E-state index contributed by atoms with van der Waals surface area (Å²) in [4.78, 5) is 22.5. The molecule has 1 amide bonds. The standard InChI is InChI=1S/C16H15ClN2O3/c1-10(2)11-4-3-5-13(8-11)18-16(20)12-6-7-14(17)15(9-12)19(21)22/h3-10H,1-2H3,(H,18,20). The van der Waals surface area contributed by atoms with E-state index in [1.807, 2.05) is 18.2 Å². The molecule has 5 nitrogen and oxygen atoms in total. The number of hydrogen-bond acceptors (Lipinski definition) is 3. The Bertz CT molecular complexity index is 729. The molecule has 0 aromatic heterocycles. The smallest absolute Gasteiger partial charge is 0.288 e. The zero-order chi connectivity index (χ0) is 16.3. The second kappa shape index (κ2) is 6.58. The number of amides is 1. The highest BCUT2D eigenvalue weighted by Crippen LogP contribution is 2.26. The molecular weight excluding hydrogens is 304 g/mol. The van der Waals surface area contributed by atoms with E-state index in [1.165, 1.54) is 18.2 Å². The first-order valence-electron chi connectivity index (χ1n) is 6.73. The maximum absolute atomic E-state index is 12.2. The summed E-state index contributed by atoms with van der Waals surface area (Å²) in [5.74, 6) is -0.0749. The third kappa shape index (κ3) is 3.62. The molecule has 2 rings (SSSR count). The van der Waals surface area contributed by atoms with Gasteiger partial charge in [-0.3, -0.25) is 14.9 Å². The van der Waals surface area contributed by atoms with Crippen LogP contribution in [-0.4, -0.2) is 10.8 Å². The maximum Gasteiger partial charge on any atom is 0.288 e. The van der Waals surface area contributed by atoms with Crippen LogP contribution in [0.25, 0.3) is 0 Å². The fourth-order valence-electron chi connectivity index (χ4n) is 1.97. The predicted molar refractivity (Wildman–Crippen MR) is 86.6 cm³/mol. The van der Waals surface area contributed by atoms with Crippen molar-refractivity contribution in [2.45, 2.75) is 19.8 Å². The molecule has 0 bridgehead atoms. The minimum absolute atomic E-state index is 0.00311. The molecule has 6 heteroatoms. The minimum Gasteiger partial charge on any atom is -0.322 e. The molecule has 0 aliphatic heterocycles. The molecule has 0 saturated heterocycles. The molecule has 114 valence electrons. The summed E-state index contributed by atoms with van der Waals surface area (Å²) >= 11 is 5.74. The Balaban J connectivity index is 2.24. The van der Waals surface area contributed by atoms with Crippen LogP contribution >= 0.6 is 11.6 Å². The van der Waals surface area contributed by atoms with Gasteiger partial charge in [-0.2, -0.15) is 0 Å². The number of nitrogens with one attached hydrogen (secondary N) is 1. The van der Waals surface area contributed by atoms with E-state index in [0.29, 0.717) is 11.6 Å². The molecule has 0 radical (unpaired) electrons. The number of carbonyl (C=O) groups is 1. The predicted octanol–water partition coefficient (Wildman–Crippen LogP) is 4.62. The van der Waals surface area contributed by atoms with Gasteiger partial charge in [0.15, 0.2) is 0 Å². The second-order valence-electron chi connectivity index (χ2n) is 5.16. The first kappa shape index (κ1) is 16.0. The van der Waals surface area contributed by atoms with E-state index in [9.17, 15) is 14.9 Å². The zero-order valence-corrected chi connectivity index (χ0v) is 12.9. The molecule has 2 aromatic carbocycles. The molecule has 2 aromatic rings. The van der Waals surface area contributed by atoms with E-state index >= 15 is 0 Å². The lowest BCUT2D eigenvalue weighted by Gasteiger charge is -2.09. The van der Waals surface area contributed by atoms with Crippen LogP contribution in [0.2, 0.25) is 5.02 Å². The average molecular weight is 319 g/mol. The van der Waals surface area contributed by atoms with Crippen molar-refractivity contribution in [3.63, 3.8) is 0 Å². The molecule has 0 aliphatic rings. The average Bonchev–Trinajstić information content (AvgIpc) is 2.47. The number of halogens is 1. The van der Waals surface area contributed by atoms with Crippen molar-refractivity contribution < 1.29 is 9.72 Å². The van der Waals surface area contributed by atoms with E-state index < -0.39 is 10.8 Å². The van der Waals surface area contributed by atoms with Crippen molar-refractivity contribution in [1.82, 2.24) is 0 Å². The summed E-state index contributed by atoms with van der Waals surface area (Å²) in [6.07, 6.45) is 0. The lowest BCUT2D eigenvalue weighted by Crippen LogP contribution is -2.12. The fourth-order valence-corrected chi connectivity index (χ4v) is 2.16. The van der Waals surface area contributed by atoms with E-state index in [0.717, 1.165) is 5.56 Å². The van der Waals surface area contributed by atoms with Crippen LogP contribution in [0.5, 0.6) is 0 Å². The molecule has 0 fully saturated rings. The van der Waals surface area contributed by atoms with Gasteiger partial charge in [-0.1, -0.05) is 37.6 Å². The van der Waals surface area contributed by atoms with Gasteiger partial charge < -0.3 is 5.32 Å². The number of nitro groups is 1. The summed E-state index contributed by atoms with van der Waals surface area (Å²) < 4.78 is 0. The van der Waals surface area contributed by atoms with Gasteiger partial charge in [0, 0.05) is 17.3 Å². The van der Waals surface area contributed by atoms with Crippen LogP contribution in [0.1, 0.15) is 35.7 Å². The number of benzene rings is 2. The summed E-state index contributed by atoms with van der Waals surface area (Å²) in [6.45, 7) is 4.12. The minimum atomic E-state index is -0.613. The zero-order valence-electron chi connectivity index (χ0n) is 12.2. The molecule has 0 heterocycles. The van der Waals surface area contributed by atoms with Gasteiger partial charge in [0.05, 0.1) is 4.92 Å². The van der Waals surface area contributed by atoms with Crippen molar-refractivity contribution in [2.24, 2.45) is 0 Å². The quantitative estimate of drug-likeness (QED) is 0.660. The number of nitrogens with zero attached hydrogens (tertiary/aromatic N) is 1. The Hall–Kier alpha value is -2.40. The largest absolute Gasteiger partial charge is 0.322 e. The van der Waals surface area contributed by atoms with Crippen LogP contribution in [-0.2, 0) is 0 Å². The Labute approximate surface area is 133 Å². The summed E-state index contributed by atoms with van der Waals surface area (Å²) in [5, 5.41) is 13.6. The third-order valence-electron chi connectivity index (χ3n) is 3.22. The Kier molecular flexibility index (Phi) is 4.78. The van der Waals surface area contributed by atoms with Gasteiger partial charge in [0.25, 0.3) is 11.6 Å². The van der Waals surface area contributed by atoms with Crippen LogP contribution in [0.4, 0.5) is 11.4 Å². The molecule has 22 heavy (non-hydrogen) atoms. The summed E-state index contributed by atoms with van der Waals surface area (Å²) in [5.41, 5.74) is 1.64. The number of carbonyl (C=O) groups excluding carboxylic acids is 1. The Morgan fingerprint density at radius 2 is 1.95 bits per heavy atom. The van der Waals surface area contributed by atoms with Crippen molar-refractivity contribution >= 4 is 28.9 Å². The highest BCUT2D eigenvalue weighted by Gasteiger charge is 2.16. The van der Waals surface area contributed by atoms with Crippen LogP contribution in [0, 0.1) is 10.1 Å². The second-order valence-corrected chi connectivity index (χ2v) is 5.56. The first-order valence-corrected chi connectivity index (χ1v) is 7.11. The van der Waals surface area contributed by atoms with Gasteiger partial charge in [-0.15, -0.1) is 0 Å². The fraction of sp³-hybridized carbons (Fsp3) is 0.188. The van der Waals surface area contributed by atoms with Crippen LogP contribution < -0.4 is 5.32 Å². The van der Waals surface area contributed by atoms with Gasteiger partial charge in [0.2, 0.25) is 0 Å². The van der Waals surface area contributed by atoms with Gasteiger partial charge in [0.1, 0.15) is 5.02 Å². The number of rotatable bonds is 4. The van der Waals surface area contributed by atoms with Crippen LogP contribution in [0.15, 0.2) is 42.5 Å². The molecule has 0 unspecified atom stereocenters. The monoisotopic (exact) mass is 318 g/mol. The van der Waals surface area contributed by atoms with Gasteiger partial charge in [-0.25, -0.2) is 0 Å². The highest BCUT2D eigenvalue weighted by atomic mass is 35.5. The normalized spacial score (nSPS) is 10.5. The maximum atomic E-state index is 12.2. The lowest BCUT2D eigenvalue weighted by molar-refractivity contribution is -0.384. The SMILES string of the molecule is CC(C)c1cccc(NC(=O)c2ccc(Cl)c([N+](=O)[O-])c2)c1. The van der Waals surface area contributed by atoms with E-state index in [2.05, 4.69) is 19.2 Å². The summed E-state index contributed by atoms with van der Waals surface area (Å²) in [6, 6.07) is 11.5. The van der Waals surface area contributed by atoms with Crippen molar-refractivity contribution in [3.8, 4) is 0 Å². The lowest BCUT2D eigenvalue weighted by atomic mass is 10.0. The van der Waals surface area contributed by atoms with E-state index in [4.69, 9.17) is 11.6 Å².